The van der Waals surface area contributed by atoms with Crippen LogP contribution in [0.4, 0.5) is 4.79 Å². The molecule has 1 aliphatic rings. The molecule has 1 saturated heterocycles. The number of hydrogen-bond acceptors (Lipinski definition) is 4. The molecular weight excluding hydrogens is 378 g/mol. The van der Waals surface area contributed by atoms with Gasteiger partial charge in [0.1, 0.15) is 19.3 Å². The van der Waals surface area contributed by atoms with E-state index in [1.54, 1.807) is 0 Å². The zero-order valence-electron chi connectivity index (χ0n) is 16.5. The number of amides is 1. The molecule has 152 valence electrons. The maximum absolute atomic E-state index is 13.2. The molecule has 1 amide bonds. The molecule has 0 spiro atoms. The number of rotatable bonds is 5. The van der Waals surface area contributed by atoms with Crippen molar-refractivity contribution < 1.29 is 19.1 Å². The number of carbonyl (C=O) groups excluding carboxylic acids is 2. The molecule has 0 aromatic heterocycles. The number of ether oxygens (including phenoxy) is 2. The average molecular weight is 401 g/mol. The number of hydrogen-bond donors (Lipinski definition) is 0. The minimum absolute atomic E-state index is 0.106. The summed E-state index contributed by atoms with van der Waals surface area (Å²) in [6.07, 6.45) is -0.158. The molecule has 3 aromatic carbocycles. The lowest BCUT2D eigenvalue weighted by atomic mass is 9.98. The summed E-state index contributed by atoms with van der Waals surface area (Å²) < 4.78 is 11.1. The van der Waals surface area contributed by atoms with Gasteiger partial charge in [-0.2, -0.15) is 0 Å². The van der Waals surface area contributed by atoms with Crippen molar-refractivity contribution in [2.75, 3.05) is 6.61 Å². The van der Waals surface area contributed by atoms with E-state index in [2.05, 4.69) is 0 Å². The zero-order chi connectivity index (χ0) is 20.8. The fraction of sp³-hybridized carbons (Fsp3) is 0.200. The highest BCUT2D eigenvalue weighted by Gasteiger charge is 2.42. The van der Waals surface area contributed by atoms with Crippen molar-refractivity contribution in [3.8, 4) is 0 Å². The van der Waals surface area contributed by atoms with Crippen molar-refractivity contribution in [1.29, 1.82) is 0 Å². The van der Waals surface area contributed by atoms with Crippen molar-refractivity contribution in [2.45, 2.75) is 25.1 Å². The summed E-state index contributed by atoms with van der Waals surface area (Å²) in [5.41, 5.74) is 2.75. The molecule has 2 atom stereocenters. The molecule has 1 aliphatic heterocycles. The van der Waals surface area contributed by atoms with Gasteiger partial charge in [0.05, 0.1) is 6.04 Å². The molecule has 1 fully saturated rings. The normalized spacial score (nSPS) is 18.5. The molecule has 1 heterocycles. The summed E-state index contributed by atoms with van der Waals surface area (Å²) in [5, 5.41) is 0. The Morgan fingerprint density at radius 1 is 0.867 bits per heavy atom. The van der Waals surface area contributed by atoms with Crippen molar-refractivity contribution in [3.05, 3.63) is 108 Å². The third-order valence-corrected chi connectivity index (χ3v) is 5.20. The van der Waals surface area contributed by atoms with Crippen LogP contribution in [0.2, 0.25) is 0 Å². The second kappa shape index (κ2) is 9.27. The number of benzene rings is 3. The predicted octanol–water partition coefficient (Wildman–Crippen LogP) is 4.53. The first-order valence-corrected chi connectivity index (χ1v) is 9.97. The van der Waals surface area contributed by atoms with E-state index in [1.807, 2.05) is 91.0 Å². The van der Waals surface area contributed by atoms with Crippen LogP contribution in [-0.4, -0.2) is 29.6 Å². The summed E-state index contributed by atoms with van der Waals surface area (Å²) in [7, 11) is 0. The molecule has 0 aliphatic carbocycles. The van der Waals surface area contributed by atoms with Gasteiger partial charge in [0, 0.05) is 6.42 Å². The number of nitrogens with zero attached hydrogens (tertiary/aromatic N) is 1. The standard InChI is InChI=1S/C25H23NO4/c27-24-22(16-19-10-4-1-5-11-19)26(23(18-29-24)21-14-8-3-9-15-21)25(28)30-17-20-12-6-2-7-13-20/h1-15,22-23H,16-18H2/t22?,23-/m1/s1. The molecule has 0 saturated carbocycles. The minimum Gasteiger partial charge on any atom is -0.462 e. The van der Waals surface area contributed by atoms with Gasteiger partial charge in [0.15, 0.2) is 0 Å². The van der Waals surface area contributed by atoms with Gasteiger partial charge >= 0.3 is 12.1 Å². The lowest BCUT2D eigenvalue weighted by Gasteiger charge is -2.40. The lowest BCUT2D eigenvalue weighted by molar-refractivity contribution is -0.161. The van der Waals surface area contributed by atoms with Gasteiger partial charge < -0.3 is 9.47 Å². The van der Waals surface area contributed by atoms with Crippen LogP contribution in [-0.2, 0) is 27.3 Å². The third-order valence-electron chi connectivity index (χ3n) is 5.20. The van der Waals surface area contributed by atoms with Gasteiger partial charge in [-0.3, -0.25) is 4.90 Å². The van der Waals surface area contributed by atoms with E-state index in [-0.39, 0.29) is 13.2 Å². The highest BCUT2D eigenvalue weighted by atomic mass is 16.6. The van der Waals surface area contributed by atoms with Crippen molar-refractivity contribution in [2.24, 2.45) is 0 Å². The topological polar surface area (TPSA) is 55.8 Å². The minimum atomic E-state index is -0.755. The summed E-state index contributed by atoms with van der Waals surface area (Å²) in [4.78, 5) is 27.4. The molecule has 0 N–H and O–H groups in total. The predicted molar refractivity (Wildman–Crippen MR) is 113 cm³/mol. The van der Waals surface area contributed by atoms with Crippen LogP contribution in [0, 0.1) is 0 Å². The first-order chi connectivity index (χ1) is 14.7. The molecule has 30 heavy (non-hydrogen) atoms. The highest BCUT2D eigenvalue weighted by molar-refractivity contribution is 5.83. The maximum Gasteiger partial charge on any atom is 0.411 e. The molecule has 0 bridgehead atoms. The molecule has 5 nitrogen and oxygen atoms in total. The SMILES string of the molecule is O=C1OC[C@H](c2ccccc2)N(C(=O)OCc2ccccc2)C1Cc1ccccc1. The van der Waals surface area contributed by atoms with Crippen LogP contribution < -0.4 is 0 Å². The van der Waals surface area contributed by atoms with E-state index in [0.29, 0.717) is 6.42 Å². The number of morpholine rings is 1. The molecular formula is C25H23NO4. The van der Waals surface area contributed by atoms with Crippen LogP contribution in [0.3, 0.4) is 0 Å². The Morgan fingerprint density at radius 3 is 2.07 bits per heavy atom. The number of carbonyl (C=O) groups is 2. The quantitative estimate of drug-likeness (QED) is 0.589. The van der Waals surface area contributed by atoms with Gasteiger partial charge in [-0.05, 0) is 16.7 Å². The van der Waals surface area contributed by atoms with Gasteiger partial charge in [-0.1, -0.05) is 91.0 Å². The second-order valence-corrected chi connectivity index (χ2v) is 7.21. The molecule has 4 rings (SSSR count). The van der Waals surface area contributed by atoms with Crippen LogP contribution >= 0.6 is 0 Å². The Morgan fingerprint density at radius 2 is 1.43 bits per heavy atom. The van der Waals surface area contributed by atoms with Crippen LogP contribution in [0.1, 0.15) is 22.7 Å². The van der Waals surface area contributed by atoms with E-state index >= 15 is 0 Å². The third kappa shape index (κ3) is 4.51. The van der Waals surface area contributed by atoms with Gasteiger partial charge in [0.25, 0.3) is 0 Å². The Balaban J connectivity index is 1.61. The largest absolute Gasteiger partial charge is 0.462 e. The van der Waals surface area contributed by atoms with Gasteiger partial charge in [0.2, 0.25) is 0 Å². The summed E-state index contributed by atoms with van der Waals surface area (Å²) in [5.74, 6) is -0.414. The highest BCUT2D eigenvalue weighted by Crippen LogP contribution is 2.30. The van der Waals surface area contributed by atoms with Crippen LogP contribution in [0.15, 0.2) is 91.0 Å². The summed E-state index contributed by atoms with van der Waals surface area (Å²) in [6.45, 7) is 0.249. The Hall–Kier alpha value is -3.60. The molecule has 0 radical (unpaired) electrons. The summed E-state index contributed by atoms with van der Waals surface area (Å²) >= 11 is 0. The zero-order valence-corrected chi connectivity index (χ0v) is 16.5. The smallest absolute Gasteiger partial charge is 0.411 e. The molecule has 1 unspecified atom stereocenters. The van der Waals surface area contributed by atoms with Crippen molar-refractivity contribution in [1.82, 2.24) is 4.90 Å². The maximum atomic E-state index is 13.2. The van der Waals surface area contributed by atoms with Crippen molar-refractivity contribution in [3.63, 3.8) is 0 Å². The lowest BCUT2D eigenvalue weighted by Crippen LogP contribution is -2.54. The van der Waals surface area contributed by atoms with Crippen LogP contribution in [0.25, 0.3) is 0 Å². The second-order valence-electron chi connectivity index (χ2n) is 7.21. The first kappa shape index (κ1) is 19.7. The van der Waals surface area contributed by atoms with E-state index < -0.39 is 24.1 Å². The summed E-state index contributed by atoms with van der Waals surface area (Å²) in [6, 6.07) is 27.5. The van der Waals surface area contributed by atoms with Gasteiger partial charge in [-0.15, -0.1) is 0 Å². The fourth-order valence-corrected chi connectivity index (χ4v) is 3.67. The first-order valence-electron chi connectivity index (χ1n) is 9.97. The average Bonchev–Trinajstić information content (AvgIpc) is 2.80. The number of esters is 1. The Bertz CT molecular complexity index is 976. The monoisotopic (exact) mass is 401 g/mol. The van der Waals surface area contributed by atoms with Crippen molar-refractivity contribution >= 4 is 12.1 Å². The Labute approximate surface area is 175 Å². The van der Waals surface area contributed by atoms with E-state index in [4.69, 9.17) is 9.47 Å². The number of cyclic esters (lactones) is 1. The van der Waals surface area contributed by atoms with E-state index in [0.717, 1.165) is 16.7 Å². The van der Waals surface area contributed by atoms with E-state index in [1.165, 1.54) is 4.90 Å². The molecule has 5 heteroatoms. The van der Waals surface area contributed by atoms with E-state index in [9.17, 15) is 9.59 Å². The van der Waals surface area contributed by atoms with Gasteiger partial charge in [-0.25, -0.2) is 9.59 Å². The fourth-order valence-electron chi connectivity index (χ4n) is 3.67. The Kier molecular flexibility index (Phi) is 6.09. The molecule has 3 aromatic rings. The van der Waals surface area contributed by atoms with Crippen LogP contribution in [0.5, 0.6) is 0 Å².